The fourth-order valence-corrected chi connectivity index (χ4v) is 4.22. The molecule has 3 rings (SSSR count). The molecule has 1 aromatic carbocycles. The molecule has 2 N–H and O–H groups in total. The van der Waals surface area contributed by atoms with Gasteiger partial charge in [0, 0.05) is 4.88 Å². The Morgan fingerprint density at radius 3 is 2.85 bits per heavy atom. The molecular weight excluding hydrogens is 382 g/mol. The number of aromatic nitrogens is 2. The van der Waals surface area contributed by atoms with Crippen LogP contribution in [0.4, 0.5) is 5.00 Å². The summed E-state index contributed by atoms with van der Waals surface area (Å²) in [6.07, 6.45) is 0.792. The molecule has 6 nitrogen and oxygen atoms in total. The summed E-state index contributed by atoms with van der Waals surface area (Å²) in [5.41, 5.74) is 3.39. The number of hydrogen-bond acceptors (Lipinski definition) is 6. The van der Waals surface area contributed by atoms with Crippen LogP contribution in [0.15, 0.2) is 29.4 Å². The van der Waals surface area contributed by atoms with Gasteiger partial charge in [-0.3, -0.25) is 4.79 Å². The van der Waals surface area contributed by atoms with E-state index in [9.17, 15) is 9.59 Å². The minimum absolute atomic E-state index is 0.188. The number of thioether (sulfide) groups is 1. The van der Waals surface area contributed by atoms with E-state index >= 15 is 0 Å². The van der Waals surface area contributed by atoms with E-state index in [4.69, 9.17) is 4.74 Å². The number of nitrogens with one attached hydrogen (secondary N) is 2. The first kappa shape index (κ1) is 19.4. The molecule has 142 valence electrons. The van der Waals surface area contributed by atoms with Crippen molar-refractivity contribution in [3.8, 4) is 0 Å². The van der Waals surface area contributed by atoms with Gasteiger partial charge < -0.3 is 15.0 Å². The number of fused-ring (bicyclic) bond motifs is 1. The standard InChI is InChI=1S/C19H21N3O3S2/c1-4-12-9-13(18(24)25-5-2)17(27-12)22-16(23)10-26-19-20-14-7-6-11(3)8-15(14)21-19/h6-9H,4-5,10H2,1-3H3,(H,20,21)(H,22,23). The molecule has 0 saturated heterocycles. The van der Waals surface area contributed by atoms with Crippen LogP contribution in [-0.2, 0) is 16.0 Å². The van der Waals surface area contributed by atoms with E-state index in [0.717, 1.165) is 27.9 Å². The van der Waals surface area contributed by atoms with Gasteiger partial charge in [-0.15, -0.1) is 11.3 Å². The van der Waals surface area contributed by atoms with Crippen molar-refractivity contribution in [3.05, 3.63) is 40.3 Å². The number of amides is 1. The van der Waals surface area contributed by atoms with Gasteiger partial charge in [-0.2, -0.15) is 0 Å². The topological polar surface area (TPSA) is 84.1 Å². The van der Waals surface area contributed by atoms with Crippen LogP contribution in [0, 0.1) is 6.92 Å². The summed E-state index contributed by atoms with van der Waals surface area (Å²) in [5.74, 6) is -0.406. The molecule has 1 amide bonds. The first-order chi connectivity index (χ1) is 13.0. The summed E-state index contributed by atoms with van der Waals surface area (Å²) in [6, 6.07) is 7.77. The zero-order valence-corrected chi connectivity index (χ0v) is 17.1. The number of carbonyl (C=O) groups excluding carboxylic acids is 2. The first-order valence-electron chi connectivity index (χ1n) is 8.69. The summed E-state index contributed by atoms with van der Waals surface area (Å²) in [4.78, 5) is 33.2. The van der Waals surface area contributed by atoms with Gasteiger partial charge in [-0.25, -0.2) is 9.78 Å². The van der Waals surface area contributed by atoms with Gasteiger partial charge in [0.05, 0.1) is 29.0 Å². The lowest BCUT2D eigenvalue weighted by Gasteiger charge is -2.05. The number of esters is 1. The lowest BCUT2D eigenvalue weighted by atomic mass is 10.2. The van der Waals surface area contributed by atoms with Crippen LogP contribution >= 0.6 is 23.1 Å². The second-order valence-corrected chi connectivity index (χ2v) is 8.03. The SMILES string of the molecule is CCOC(=O)c1cc(CC)sc1NC(=O)CSc1nc2ccc(C)cc2[nH]1. The van der Waals surface area contributed by atoms with Crippen LogP contribution in [0.5, 0.6) is 0 Å². The highest BCUT2D eigenvalue weighted by Gasteiger charge is 2.19. The molecular formula is C19H21N3O3S2. The largest absolute Gasteiger partial charge is 0.462 e. The zero-order chi connectivity index (χ0) is 19.4. The Kier molecular flexibility index (Phi) is 6.18. The first-order valence-corrected chi connectivity index (χ1v) is 10.5. The van der Waals surface area contributed by atoms with Crippen molar-refractivity contribution in [1.82, 2.24) is 9.97 Å². The van der Waals surface area contributed by atoms with E-state index in [1.807, 2.05) is 32.0 Å². The summed E-state index contributed by atoms with van der Waals surface area (Å²) in [7, 11) is 0. The van der Waals surface area contributed by atoms with Gasteiger partial charge in [0.2, 0.25) is 5.91 Å². The second kappa shape index (κ2) is 8.58. The van der Waals surface area contributed by atoms with Crippen molar-refractivity contribution in [2.45, 2.75) is 32.3 Å². The van der Waals surface area contributed by atoms with Crippen LogP contribution in [0.25, 0.3) is 11.0 Å². The van der Waals surface area contributed by atoms with Gasteiger partial charge in [0.15, 0.2) is 5.16 Å². The fraction of sp³-hybridized carbons (Fsp3) is 0.316. The lowest BCUT2D eigenvalue weighted by molar-refractivity contribution is -0.113. The molecule has 0 bridgehead atoms. The molecule has 0 aliphatic rings. The number of H-pyrrole nitrogens is 1. The average Bonchev–Trinajstić information content (AvgIpc) is 3.23. The molecule has 0 atom stereocenters. The maximum absolute atomic E-state index is 12.4. The summed E-state index contributed by atoms with van der Waals surface area (Å²) in [5, 5.41) is 4.06. The van der Waals surface area contributed by atoms with Gasteiger partial charge in [-0.05, 0) is 44.0 Å². The third-order valence-corrected chi connectivity index (χ3v) is 5.90. The van der Waals surface area contributed by atoms with Crippen molar-refractivity contribution < 1.29 is 14.3 Å². The number of benzene rings is 1. The molecule has 0 saturated carbocycles. The number of ether oxygens (including phenoxy) is 1. The highest BCUT2D eigenvalue weighted by Crippen LogP contribution is 2.30. The Morgan fingerprint density at radius 2 is 2.11 bits per heavy atom. The van der Waals surface area contributed by atoms with E-state index in [0.29, 0.717) is 22.3 Å². The number of imidazole rings is 1. The number of aryl methyl sites for hydroxylation is 2. The molecule has 8 heteroatoms. The predicted molar refractivity (Wildman–Crippen MR) is 110 cm³/mol. The second-order valence-electron chi connectivity index (χ2n) is 5.93. The lowest BCUT2D eigenvalue weighted by Crippen LogP contribution is -2.16. The quantitative estimate of drug-likeness (QED) is 0.451. The molecule has 0 unspecified atom stereocenters. The zero-order valence-electron chi connectivity index (χ0n) is 15.4. The van der Waals surface area contributed by atoms with Crippen molar-refractivity contribution >= 4 is 51.0 Å². The van der Waals surface area contributed by atoms with Gasteiger partial charge in [-0.1, -0.05) is 24.8 Å². The summed E-state index contributed by atoms with van der Waals surface area (Å²) < 4.78 is 5.08. The number of thiophene rings is 1. The number of rotatable bonds is 7. The fourth-order valence-electron chi connectivity index (χ4n) is 2.53. The van der Waals surface area contributed by atoms with Crippen LogP contribution in [0.3, 0.4) is 0 Å². The van der Waals surface area contributed by atoms with E-state index in [2.05, 4.69) is 15.3 Å². The minimum Gasteiger partial charge on any atom is -0.462 e. The van der Waals surface area contributed by atoms with Crippen molar-refractivity contribution in [2.24, 2.45) is 0 Å². The monoisotopic (exact) mass is 403 g/mol. The molecule has 3 aromatic rings. The molecule has 0 fully saturated rings. The molecule has 2 heterocycles. The smallest absolute Gasteiger partial charge is 0.341 e. The van der Waals surface area contributed by atoms with Gasteiger partial charge in [0.1, 0.15) is 5.00 Å². The van der Waals surface area contributed by atoms with Crippen molar-refractivity contribution in [2.75, 3.05) is 17.7 Å². The Hall–Kier alpha value is -2.32. The normalized spacial score (nSPS) is 10.9. The van der Waals surface area contributed by atoms with E-state index in [1.165, 1.54) is 23.1 Å². The summed E-state index contributed by atoms with van der Waals surface area (Å²) in [6.45, 7) is 6.08. The van der Waals surface area contributed by atoms with E-state index in [-0.39, 0.29) is 11.7 Å². The maximum atomic E-state index is 12.4. The van der Waals surface area contributed by atoms with Crippen molar-refractivity contribution in [1.29, 1.82) is 0 Å². The van der Waals surface area contributed by atoms with E-state index < -0.39 is 5.97 Å². The van der Waals surface area contributed by atoms with Crippen LogP contribution < -0.4 is 5.32 Å². The Bertz CT molecular complexity index is 978. The summed E-state index contributed by atoms with van der Waals surface area (Å²) >= 11 is 2.73. The minimum atomic E-state index is -0.413. The molecule has 0 spiro atoms. The third kappa shape index (κ3) is 4.70. The van der Waals surface area contributed by atoms with Crippen molar-refractivity contribution in [3.63, 3.8) is 0 Å². The number of nitrogens with zero attached hydrogens (tertiary/aromatic N) is 1. The number of hydrogen-bond donors (Lipinski definition) is 2. The number of carbonyl (C=O) groups is 2. The van der Waals surface area contributed by atoms with Gasteiger partial charge in [0.25, 0.3) is 0 Å². The Morgan fingerprint density at radius 1 is 1.30 bits per heavy atom. The van der Waals surface area contributed by atoms with Crippen LogP contribution in [0.1, 0.15) is 34.6 Å². The molecule has 0 aliphatic carbocycles. The predicted octanol–water partition coefficient (Wildman–Crippen LogP) is 4.40. The van der Waals surface area contributed by atoms with E-state index in [1.54, 1.807) is 13.0 Å². The Balaban J connectivity index is 1.66. The molecule has 2 aromatic heterocycles. The van der Waals surface area contributed by atoms with Crippen LogP contribution in [0.2, 0.25) is 0 Å². The number of anilines is 1. The molecule has 27 heavy (non-hydrogen) atoms. The maximum Gasteiger partial charge on any atom is 0.341 e. The molecule has 0 radical (unpaired) electrons. The Labute approximate surface area is 165 Å². The highest BCUT2D eigenvalue weighted by molar-refractivity contribution is 7.99. The highest BCUT2D eigenvalue weighted by atomic mass is 32.2. The average molecular weight is 404 g/mol. The van der Waals surface area contributed by atoms with Crippen LogP contribution in [-0.4, -0.2) is 34.2 Å². The number of aromatic amines is 1. The molecule has 0 aliphatic heterocycles. The third-order valence-electron chi connectivity index (χ3n) is 3.84. The van der Waals surface area contributed by atoms with Gasteiger partial charge >= 0.3 is 5.97 Å².